The van der Waals surface area contributed by atoms with Gasteiger partial charge in [-0.15, -0.1) is 0 Å². The van der Waals surface area contributed by atoms with Gasteiger partial charge in [-0.25, -0.2) is 15.0 Å². The number of oxime groups is 1. The van der Waals surface area contributed by atoms with Gasteiger partial charge in [-0.3, -0.25) is 4.98 Å². The topological polar surface area (TPSA) is 73.2 Å². The molecule has 0 bridgehead atoms. The van der Waals surface area contributed by atoms with E-state index in [1.807, 2.05) is 45.0 Å². The third kappa shape index (κ3) is 4.87. The van der Waals surface area contributed by atoms with E-state index in [0.717, 1.165) is 72.0 Å². The quantitative estimate of drug-likeness (QED) is 0.448. The number of hydrogen-bond donors (Lipinski definition) is 0. The van der Waals surface area contributed by atoms with E-state index < -0.39 is 0 Å². The minimum atomic E-state index is 0.547. The minimum absolute atomic E-state index is 0.547. The molecule has 0 atom stereocenters. The van der Waals surface area contributed by atoms with E-state index in [4.69, 9.17) is 9.82 Å². The summed E-state index contributed by atoms with van der Waals surface area (Å²) in [6, 6.07) is 12.1. The second-order valence-electron chi connectivity index (χ2n) is 7.78. The highest BCUT2D eigenvalue weighted by atomic mass is 16.6. The van der Waals surface area contributed by atoms with Crippen LogP contribution in [0.1, 0.15) is 53.3 Å². The van der Waals surface area contributed by atoms with Crippen LogP contribution in [-0.2, 0) is 17.7 Å². The van der Waals surface area contributed by atoms with Gasteiger partial charge in [0, 0.05) is 22.8 Å². The predicted octanol–water partition coefficient (Wildman–Crippen LogP) is 4.55. The van der Waals surface area contributed by atoms with Crippen molar-refractivity contribution in [3.63, 3.8) is 0 Å². The van der Waals surface area contributed by atoms with Crippen molar-refractivity contribution in [2.75, 3.05) is 6.61 Å². The van der Waals surface area contributed by atoms with Crippen LogP contribution in [0.5, 0.6) is 0 Å². The monoisotopic (exact) mass is 401 g/mol. The summed E-state index contributed by atoms with van der Waals surface area (Å²) in [6.45, 7) is 6.52. The van der Waals surface area contributed by atoms with Crippen LogP contribution in [0.3, 0.4) is 0 Å². The van der Waals surface area contributed by atoms with E-state index in [0.29, 0.717) is 12.4 Å². The average molecular weight is 402 g/mol. The molecule has 0 aromatic carbocycles. The first kappa shape index (κ1) is 20.1. The molecule has 0 amide bonds. The molecule has 0 radical (unpaired) electrons. The SMILES string of the molecule is Cc1cccc(-c2nc(C)cc(CCCON=C3CCCc4ccc(C)nc43)n2)n1. The summed E-state index contributed by atoms with van der Waals surface area (Å²) in [7, 11) is 0. The van der Waals surface area contributed by atoms with E-state index in [1.165, 1.54) is 5.56 Å². The van der Waals surface area contributed by atoms with Crippen molar-refractivity contribution in [2.24, 2.45) is 5.16 Å². The van der Waals surface area contributed by atoms with Gasteiger partial charge in [0.05, 0.1) is 5.69 Å². The van der Waals surface area contributed by atoms with Crippen LogP contribution in [-0.4, -0.2) is 32.3 Å². The molecule has 3 heterocycles. The Kier molecular flexibility index (Phi) is 6.12. The second-order valence-corrected chi connectivity index (χ2v) is 7.78. The van der Waals surface area contributed by atoms with Crippen molar-refractivity contribution >= 4 is 5.71 Å². The summed E-state index contributed by atoms with van der Waals surface area (Å²) in [6.07, 6.45) is 4.72. The summed E-state index contributed by atoms with van der Waals surface area (Å²) >= 11 is 0. The lowest BCUT2D eigenvalue weighted by molar-refractivity contribution is 0.141. The first-order valence-electron chi connectivity index (χ1n) is 10.5. The molecule has 3 aromatic rings. The van der Waals surface area contributed by atoms with Crippen LogP contribution in [0.15, 0.2) is 41.6 Å². The lowest BCUT2D eigenvalue weighted by Crippen LogP contribution is -2.15. The van der Waals surface area contributed by atoms with Gasteiger partial charge in [0.15, 0.2) is 5.82 Å². The Morgan fingerprint density at radius 2 is 1.77 bits per heavy atom. The van der Waals surface area contributed by atoms with Crippen LogP contribution >= 0.6 is 0 Å². The molecular weight excluding hydrogens is 374 g/mol. The highest BCUT2D eigenvalue weighted by Gasteiger charge is 2.17. The molecule has 1 aliphatic rings. The van der Waals surface area contributed by atoms with Gasteiger partial charge >= 0.3 is 0 Å². The molecule has 6 heteroatoms. The Morgan fingerprint density at radius 3 is 2.63 bits per heavy atom. The van der Waals surface area contributed by atoms with Gasteiger partial charge < -0.3 is 4.84 Å². The highest BCUT2D eigenvalue weighted by Crippen LogP contribution is 2.21. The predicted molar refractivity (Wildman–Crippen MR) is 117 cm³/mol. The number of aryl methyl sites for hydroxylation is 5. The molecule has 30 heavy (non-hydrogen) atoms. The number of rotatable bonds is 6. The molecule has 0 fully saturated rings. The second kappa shape index (κ2) is 9.11. The van der Waals surface area contributed by atoms with Crippen LogP contribution in [0.25, 0.3) is 11.5 Å². The average Bonchev–Trinajstić information content (AvgIpc) is 2.73. The lowest BCUT2D eigenvalue weighted by atomic mass is 9.94. The number of hydrogen-bond acceptors (Lipinski definition) is 6. The highest BCUT2D eigenvalue weighted by molar-refractivity contribution is 6.00. The normalized spacial score (nSPS) is 14.6. The van der Waals surface area contributed by atoms with E-state index in [9.17, 15) is 0 Å². The zero-order valence-corrected chi connectivity index (χ0v) is 17.9. The molecule has 0 aliphatic heterocycles. The fourth-order valence-electron chi connectivity index (χ4n) is 3.68. The molecule has 0 saturated heterocycles. The first-order chi connectivity index (χ1) is 14.6. The maximum atomic E-state index is 5.64. The molecule has 0 spiro atoms. The number of aromatic nitrogens is 4. The standard InChI is InChI=1S/C24H27N5O/c1-16-7-4-11-22(25-16)24-27-18(3)15-20(28-24)9-6-14-30-29-21-10-5-8-19-13-12-17(2)26-23(19)21/h4,7,11-13,15H,5-6,8-10,14H2,1-3H3. The molecule has 154 valence electrons. The van der Waals surface area contributed by atoms with Gasteiger partial charge in [-0.1, -0.05) is 17.3 Å². The van der Waals surface area contributed by atoms with Crippen molar-refractivity contribution < 1.29 is 4.84 Å². The fourth-order valence-corrected chi connectivity index (χ4v) is 3.68. The minimum Gasteiger partial charge on any atom is -0.396 e. The summed E-state index contributed by atoms with van der Waals surface area (Å²) in [5.74, 6) is 0.676. The number of nitrogens with zero attached hydrogens (tertiary/aromatic N) is 5. The van der Waals surface area contributed by atoms with Crippen LogP contribution in [0.2, 0.25) is 0 Å². The van der Waals surface area contributed by atoms with Crippen molar-refractivity contribution in [1.82, 2.24) is 19.9 Å². The summed E-state index contributed by atoms with van der Waals surface area (Å²) < 4.78 is 0. The molecule has 3 aromatic heterocycles. The summed E-state index contributed by atoms with van der Waals surface area (Å²) in [5, 5.41) is 4.40. The van der Waals surface area contributed by atoms with E-state index in [-0.39, 0.29) is 0 Å². The van der Waals surface area contributed by atoms with Gasteiger partial charge in [0.25, 0.3) is 0 Å². The molecule has 1 aliphatic carbocycles. The third-order valence-corrected chi connectivity index (χ3v) is 5.12. The molecule has 0 unspecified atom stereocenters. The van der Waals surface area contributed by atoms with Gasteiger partial charge in [-0.2, -0.15) is 0 Å². The van der Waals surface area contributed by atoms with Crippen LogP contribution in [0, 0.1) is 20.8 Å². The first-order valence-corrected chi connectivity index (χ1v) is 10.5. The Balaban J connectivity index is 1.37. The summed E-state index contributed by atoms with van der Waals surface area (Å²) in [5.41, 5.74) is 7.96. The van der Waals surface area contributed by atoms with E-state index in [2.05, 4.69) is 32.2 Å². The maximum Gasteiger partial charge on any atom is 0.178 e. The van der Waals surface area contributed by atoms with E-state index in [1.54, 1.807) is 0 Å². The number of fused-ring (bicyclic) bond motifs is 1. The van der Waals surface area contributed by atoms with Crippen molar-refractivity contribution in [3.05, 3.63) is 70.4 Å². The Morgan fingerprint density at radius 1 is 0.900 bits per heavy atom. The zero-order valence-electron chi connectivity index (χ0n) is 17.9. The molecule has 4 rings (SSSR count). The van der Waals surface area contributed by atoms with E-state index >= 15 is 0 Å². The smallest absolute Gasteiger partial charge is 0.178 e. The third-order valence-electron chi connectivity index (χ3n) is 5.12. The van der Waals surface area contributed by atoms with Gasteiger partial charge in [0.1, 0.15) is 18.0 Å². The molecule has 0 saturated carbocycles. The van der Waals surface area contributed by atoms with Gasteiger partial charge in [0.2, 0.25) is 0 Å². The molecular formula is C24H27N5O. The van der Waals surface area contributed by atoms with Crippen molar-refractivity contribution in [1.29, 1.82) is 0 Å². The molecule has 6 nitrogen and oxygen atoms in total. The Hall–Kier alpha value is -3.15. The zero-order chi connectivity index (χ0) is 20.9. The Bertz CT molecular complexity index is 1080. The van der Waals surface area contributed by atoms with Gasteiger partial charge in [-0.05, 0) is 82.7 Å². The number of pyridine rings is 2. The van der Waals surface area contributed by atoms with Crippen LogP contribution < -0.4 is 0 Å². The van der Waals surface area contributed by atoms with Crippen molar-refractivity contribution in [2.45, 2.75) is 52.9 Å². The lowest BCUT2D eigenvalue weighted by Gasteiger charge is -2.16. The maximum absolute atomic E-state index is 5.64. The van der Waals surface area contributed by atoms with Crippen molar-refractivity contribution in [3.8, 4) is 11.5 Å². The molecule has 0 N–H and O–H groups in total. The largest absolute Gasteiger partial charge is 0.396 e. The fraction of sp³-hybridized carbons (Fsp3) is 0.375. The van der Waals surface area contributed by atoms with Crippen LogP contribution in [0.4, 0.5) is 0 Å². The summed E-state index contributed by atoms with van der Waals surface area (Å²) in [4.78, 5) is 24.1. The Labute approximate surface area is 177 Å².